The number of esters is 1. The monoisotopic (exact) mass is 257 g/mol. The molecule has 1 rings (SSSR count). The lowest BCUT2D eigenvalue weighted by molar-refractivity contribution is -0.141. The summed E-state index contributed by atoms with van der Waals surface area (Å²) in [4.78, 5) is 10.9. The average molecular weight is 257 g/mol. The molecule has 4 nitrogen and oxygen atoms in total. The molecule has 0 aliphatic heterocycles. The van der Waals surface area contributed by atoms with Crippen molar-refractivity contribution in [3.8, 4) is 0 Å². The van der Waals surface area contributed by atoms with Crippen LogP contribution in [0.5, 0.6) is 0 Å². The van der Waals surface area contributed by atoms with Crippen LogP contribution in [0.15, 0.2) is 0 Å². The first-order valence-electron chi connectivity index (χ1n) is 7.18. The van der Waals surface area contributed by atoms with Crippen molar-refractivity contribution in [1.29, 1.82) is 0 Å². The number of ether oxygens (including phenoxy) is 1. The maximum atomic E-state index is 10.9. The van der Waals surface area contributed by atoms with Gasteiger partial charge in [0.15, 0.2) is 0 Å². The maximum Gasteiger partial charge on any atom is 0.305 e. The SMILES string of the molecule is COC(=O)CCC(O)CNCCC1CCCCC1. The fourth-order valence-electron chi connectivity index (χ4n) is 2.54. The molecule has 0 aromatic carbocycles. The van der Waals surface area contributed by atoms with Crippen LogP contribution in [0.1, 0.15) is 51.4 Å². The van der Waals surface area contributed by atoms with Gasteiger partial charge in [-0.3, -0.25) is 4.79 Å². The number of rotatable bonds is 8. The second-order valence-corrected chi connectivity index (χ2v) is 5.27. The van der Waals surface area contributed by atoms with Crippen LogP contribution in [-0.2, 0) is 9.53 Å². The summed E-state index contributed by atoms with van der Waals surface area (Å²) >= 11 is 0. The highest BCUT2D eigenvalue weighted by molar-refractivity contribution is 5.69. The van der Waals surface area contributed by atoms with Gasteiger partial charge in [-0.25, -0.2) is 0 Å². The van der Waals surface area contributed by atoms with E-state index >= 15 is 0 Å². The van der Waals surface area contributed by atoms with Crippen LogP contribution < -0.4 is 5.32 Å². The van der Waals surface area contributed by atoms with Gasteiger partial charge in [-0.05, 0) is 25.3 Å². The number of nitrogens with one attached hydrogen (secondary N) is 1. The largest absolute Gasteiger partial charge is 0.469 e. The Kier molecular flexibility index (Phi) is 8.01. The van der Waals surface area contributed by atoms with Gasteiger partial charge in [0.05, 0.1) is 13.2 Å². The minimum atomic E-state index is -0.449. The van der Waals surface area contributed by atoms with Crippen LogP contribution in [0.3, 0.4) is 0 Å². The summed E-state index contributed by atoms with van der Waals surface area (Å²) in [5.74, 6) is 0.620. The van der Waals surface area contributed by atoms with Crippen molar-refractivity contribution in [1.82, 2.24) is 5.32 Å². The highest BCUT2D eigenvalue weighted by Crippen LogP contribution is 2.25. The number of methoxy groups -OCH3 is 1. The zero-order valence-corrected chi connectivity index (χ0v) is 11.5. The predicted molar refractivity (Wildman–Crippen MR) is 71.3 cm³/mol. The Hall–Kier alpha value is -0.610. The highest BCUT2D eigenvalue weighted by Gasteiger charge is 2.13. The predicted octanol–water partition coefficient (Wildman–Crippen LogP) is 1.86. The van der Waals surface area contributed by atoms with Crippen LogP contribution in [0.25, 0.3) is 0 Å². The van der Waals surface area contributed by atoms with Crippen molar-refractivity contribution in [2.24, 2.45) is 5.92 Å². The molecule has 0 spiro atoms. The minimum Gasteiger partial charge on any atom is -0.469 e. The summed E-state index contributed by atoms with van der Waals surface area (Å²) in [5, 5.41) is 12.9. The highest BCUT2D eigenvalue weighted by atomic mass is 16.5. The summed E-state index contributed by atoms with van der Waals surface area (Å²) in [6.07, 6.45) is 8.43. The van der Waals surface area contributed by atoms with Crippen LogP contribution >= 0.6 is 0 Å². The van der Waals surface area contributed by atoms with Gasteiger partial charge in [-0.15, -0.1) is 0 Å². The van der Waals surface area contributed by atoms with Gasteiger partial charge >= 0.3 is 5.97 Å². The molecule has 1 unspecified atom stereocenters. The Morgan fingerprint density at radius 3 is 2.78 bits per heavy atom. The van der Waals surface area contributed by atoms with E-state index in [4.69, 9.17) is 0 Å². The van der Waals surface area contributed by atoms with Crippen molar-refractivity contribution in [2.75, 3.05) is 20.2 Å². The molecule has 0 heterocycles. The van der Waals surface area contributed by atoms with E-state index in [-0.39, 0.29) is 5.97 Å². The van der Waals surface area contributed by atoms with Gasteiger partial charge in [0.25, 0.3) is 0 Å². The molecule has 2 N–H and O–H groups in total. The van der Waals surface area contributed by atoms with Gasteiger partial charge in [0, 0.05) is 13.0 Å². The molecule has 0 aromatic rings. The van der Waals surface area contributed by atoms with Crippen LogP contribution in [-0.4, -0.2) is 37.4 Å². The molecule has 0 radical (unpaired) electrons. The molecule has 1 atom stereocenters. The third-order valence-corrected chi connectivity index (χ3v) is 3.74. The van der Waals surface area contributed by atoms with E-state index in [0.29, 0.717) is 19.4 Å². The van der Waals surface area contributed by atoms with Crippen LogP contribution in [0.4, 0.5) is 0 Å². The standard InChI is InChI=1S/C14H27NO3/c1-18-14(17)8-7-13(16)11-15-10-9-12-5-3-2-4-6-12/h12-13,15-16H,2-11H2,1H3. The Bertz CT molecular complexity index is 227. The first-order valence-corrected chi connectivity index (χ1v) is 7.18. The van der Waals surface area contributed by atoms with E-state index in [2.05, 4.69) is 10.1 Å². The van der Waals surface area contributed by atoms with Gasteiger partial charge in [-0.2, -0.15) is 0 Å². The second-order valence-electron chi connectivity index (χ2n) is 5.27. The molecule has 18 heavy (non-hydrogen) atoms. The van der Waals surface area contributed by atoms with Crippen LogP contribution in [0, 0.1) is 5.92 Å². The molecular weight excluding hydrogens is 230 g/mol. The van der Waals surface area contributed by atoms with E-state index in [0.717, 1.165) is 12.5 Å². The summed E-state index contributed by atoms with van der Waals surface area (Å²) < 4.78 is 4.54. The molecule has 1 aliphatic carbocycles. The molecule has 106 valence electrons. The van der Waals surface area contributed by atoms with E-state index < -0.39 is 6.10 Å². The van der Waals surface area contributed by atoms with Crippen molar-refractivity contribution in [3.63, 3.8) is 0 Å². The quantitative estimate of drug-likeness (QED) is 0.515. The third kappa shape index (κ3) is 6.97. The number of aliphatic hydroxyl groups is 1. The van der Waals surface area contributed by atoms with Gasteiger partial charge < -0.3 is 15.2 Å². The molecule has 1 aliphatic rings. The van der Waals surface area contributed by atoms with E-state index in [1.54, 1.807) is 0 Å². The Labute approximate surface area is 110 Å². The molecular formula is C14H27NO3. The number of hydrogen-bond acceptors (Lipinski definition) is 4. The molecule has 0 saturated heterocycles. The summed E-state index contributed by atoms with van der Waals surface area (Å²) in [6, 6.07) is 0. The second kappa shape index (κ2) is 9.34. The average Bonchev–Trinajstić information content (AvgIpc) is 2.42. The first kappa shape index (κ1) is 15.4. The zero-order chi connectivity index (χ0) is 13.2. The number of carbonyl (C=O) groups is 1. The summed E-state index contributed by atoms with van der Waals surface area (Å²) in [5.41, 5.74) is 0. The summed E-state index contributed by atoms with van der Waals surface area (Å²) in [7, 11) is 1.37. The van der Waals surface area contributed by atoms with Gasteiger partial charge in [0.1, 0.15) is 0 Å². The van der Waals surface area contributed by atoms with Crippen molar-refractivity contribution in [3.05, 3.63) is 0 Å². The topological polar surface area (TPSA) is 58.6 Å². The lowest BCUT2D eigenvalue weighted by Crippen LogP contribution is -2.29. The normalized spacial score (nSPS) is 18.6. The molecule has 4 heteroatoms. The molecule has 0 aromatic heterocycles. The molecule has 0 bridgehead atoms. The molecule has 0 amide bonds. The molecule has 1 saturated carbocycles. The smallest absolute Gasteiger partial charge is 0.305 e. The zero-order valence-electron chi connectivity index (χ0n) is 11.5. The fraction of sp³-hybridized carbons (Fsp3) is 0.929. The first-order chi connectivity index (χ1) is 8.72. The van der Waals surface area contributed by atoms with E-state index in [9.17, 15) is 9.90 Å². The van der Waals surface area contributed by atoms with Crippen molar-refractivity contribution < 1.29 is 14.6 Å². The minimum absolute atomic E-state index is 0.253. The molecule has 1 fully saturated rings. The van der Waals surface area contributed by atoms with Gasteiger partial charge in [-0.1, -0.05) is 32.1 Å². The van der Waals surface area contributed by atoms with E-state index in [1.165, 1.54) is 45.6 Å². The lowest BCUT2D eigenvalue weighted by Gasteiger charge is -2.21. The third-order valence-electron chi connectivity index (χ3n) is 3.74. The van der Waals surface area contributed by atoms with E-state index in [1.807, 2.05) is 0 Å². The number of aliphatic hydroxyl groups excluding tert-OH is 1. The maximum absolute atomic E-state index is 10.9. The lowest BCUT2D eigenvalue weighted by atomic mass is 9.87. The van der Waals surface area contributed by atoms with Crippen LogP contribution in [0.2, 0.25) is 0 Å². The van der Waals surface area contributed by atoms with Crippen molar-refractivity contribution in [2.45, 2.75) is 57.5 Å². The Morgan fingerprint density at radius 2 is 2.11 bits per heavy atom. The number of carbonyl (C=O) groups excluding carboxylic acids is 1. The Balaban J connectivity index is 1.94. The fourth-order valence-corrected chi connectivity index (χ4v) is 2.54. The number of hydrogen-bond donors (Lipinski definition) is 2. The van der Waals surface area contributed by atoms with Gasteiger partial charge in [0.2, 0.25) is 0 Å². The summed E-state index contributed by atoms with van der Waals surface area (Å²) in [6.45, 7) is 1.55. The Morgan fingerprint density at radius 1 is 1.39 bits per heavy atom. The van der Waals surface area contributed by atoms with Crippen molar-refractivity contribution >= 4 is 5.97 Å².